The lowest BCUT2D eigenvalue weighted by Crippen LogP contribution is -2.56. The van der Waals surface area contributed by atoms with Crippen LogP contribution in [-0.4, -0.2) is 29.3 Å². The van der Waals surface area contributed by atoms with E-state index >= 15 is 0 Å². The maximum Gasteiger partial charge on any atom is 0.246 e. The molecule has 2 amide bonds. The number of nitrogens with one attached hydrogen (secondary N) is 1. The van der Waals surface area contributed by atoms with Gasteiger partial charge < -0.3 is 0 Å². The highest BCUT2D eigenvalue weighted by Gasteiger charge is 2.32. The number of carbonyl (C=O) groups is 2. The Labute approximate surface area is 109 Å². The Bertz CT molecular complexity index is 487. The Morgan fingerprint density at radius 1 is 1.50 bits per heavy atom. The third-order valence-electron chi connectivity index (χ3n) is 2.87. The van der Waals surface area contributed by atoms with E-state index in [1.54, 1.807) is 6.92 Å². The quantitative estimate of drug-likeness (QED) is 0.825. The van der Waals surface area contributed by atoms with E-state index in [0.717, 1.165) is 4.90 Å². The van der Waals surface area contributed by atoms with Crippen LogP contribution < -0.4 is 5.32 Å². The van der Waals surface area contributed by atoms with Gasteiger partial charge in [0, 0.05) is 10.6 Å². The maximum absolute atomic E-state index is 13.6. The number of piperazine rings is 1. The highest BCUT2D eigenvalue weighted by molar-refractivity contribution is 6.31. The number of imide groups is 1. The van der Waals surface area contributed by atoms with Gasteiger partial charge in [0.15, 0.2) is 0 Å². The first kappa shape index (κ1) is 13.0. The van der Waals surface area contributed by atoms with Crippen molar-refractivity contribution in [1.82, 2.24) is 10.2 Å². The van der Waals surface area contributed by atoms with Gasteiger partial charge in [-0.05, 0) is 19.1 Å². The molecule has 1 aromatic rings. The lowest BCUT2D eigenvalue weighted by molar-refractivity contribution is -0.149. The second kappa shape index (κ2) is 5.04. The van der Waals surface area contributed by atoms with E-state index in [-0.39, 0.29) is 35.5 Å². The smallest absolute Gasteiger partial charge is 0.246 e. The Kier molecular flexibility index (Phi) is 3.63. The fraction of sp³-hybridized carbons (Fsp3) is 0.333. The molecular weight excluding hydrogens is 259 g/mol. The summed E-state index contributed by atoms with van der Waals surface area (Å²) in [5.41, 5.74) is 0.162. The van der Waals surface area contributed by atoms with Crippen LogP contribution in [0, 0.1) is 5.82 Å². The molecule has 0 radical (unpaired) electrons. The molecule has 1 unspecified atom stereocenters. The molecular formula is C12H12ClFN2O2. The molecule has 1 N–H and O–H groups in total. The first-order chi connectivity index (χ1) is 8.50. The Balaban J connectivity index is 2.27. The summed E-state index contributed by atoms with van der Waals surface area (Å²) in [6.07, 6.45) is 0. The highest BCUT2D eigenvalue weighted by Crippen LogP contribution is 2.21. The van der Waals surface area contributed by atoms with Gasteiger partial charge in [0.2, 0.25) is 11.8 Å². The van der Waals surface area contributed by atoms with Gasteiger partial charge in [0.25, 0.3) is 0 Å². The summed E-state index contributed by atoms with van der Waals surface area (Å²) < 4.78 is 13.6. The highest BCUT2D eigenvalue weighted by atomic mass is 35.5. The molecule has 0 saturated carbocycles. The molecule has 0 aliphatic carbocycles. The number of nitrogens with zero attached hydrogens (tertiary/aromatic N) is 1. The van der Waals surface area contributed by atoms with Crippen molar-refractivity contribution in [2.24, 2.45) is 0 Å². The summed E-state index contributed by atoms with van der Waals surface area (Å²) in [5, 5.41) is 2.97. The van der Waals surface area contributed by atoms with Crippen molar-refractivity contribution in [3.05, 3.63) is 34.6 Å². The van der Waals surface area contributed by atoms with Crippen molar-refractivity contribution in [2.45, 2.75) is 19.5 Å². The van der Waals surface area contributed by atoms with Crippen molar-refractivity contribution in [3.63, 3.8) is 0 Å². The lowest BCUT2D eigenvalue weighted by atomic mass is 10.1. The van der Waals surface area contributed by atoms with Crippen LogP contribution in [0.1, 0.15) is 12.5 Å². The van der Waals surface area contributed by atoms with Crippen molar-refractivity contribution in [1.29, 1.82) is 0 Å². The number of benzene rings is 1. The van der Waals surface area contributed by atoms with E-state index in [9.17, 15) is 14.0 Å². The normalized spacial score (nSPS) is 20.4. The van der Waals surface area contributed by atoms with Crippen molar-refractivity contribution < 1.29 is 14.0 Å². The van der Waals surface area contributed by atoms with Crippen molar-refractivity contribution in [2.75, 3.05) is 6.54 Å². The monoisotopic (exact) mass is 270 g/mol. The fourth-order valence-electron chi connectivity index (χ4n) is 1.79. The molecule has 1 aliphatic heterocycles. The zero-order valence-corrected chi connectivity index (χ0v) is 10.5. The first-order valence-electron chi connectivity index (χ1n) is 5.51. The minimum Gasteiger partial charge on any atom is -0.298 e. The summed E-state index contributed by atoms with van der Waals surface area (Å²) in [7, 11) is 0. The van der Waals surface area contributed by atoms with Gasteiger partial charge in [-0.1, -0.05) is 17.7 Å². The third-order valence-corrected chi connectivity index (χ3v) is 3.23. The van der Waals surface area contributed by atoms with Gasteiger partial charge in [-0.2, -0.15) is 0 Å². The zero-order valence-electron chi connectivity index (χ0n) is 9.74. The van der Waals surface area contributed by atoms with E-state index in [1.165, 1.54) is 18.2 Å². The van der Waals surface area contributed by atoms with Crippen LogP contribution in [0.25, 0.3) is 0 Å². The van der Waals surface area contributed by atoms with E-state index in [2.05, 4.69) is 5.32 Å². The molecule has 0 aromatic heterocycles. The van der Waals surface area contributed by atoms with Gasteiger partial charge in [-0.15, -0.1) is 0 Å². The van der Waals surface area contributed by atoms with Crippen LogP contribution in [-0.2, 0) is 16.1 Å². The standard InChI is InChI=1S/C12H12ClFN2O2/c1-7-12(18)16(11(17)5-15-7)6-8-9(13)3-2-4-10(8)14/h2-4,7,15H,5-6H2,1H3. The van der Waals surface area contributed by atoms with Gasteiger partial charge in [0.1, 0.15) is 5.82 Å². The summed E-state index contributed by atoms with van der Waals surface area (Å²) in [4.78, 5) is 24.5. The molecule has 1 fully saturated rings. The average molecular weight is 271 g/mol. The second-order valence-corrected chi connectivity index (χ2v) is 4.53. The Hall–Kier alpha value is -1.46. The van der Waals surface area contributed by atoms with Crippen molar-refractivity contribution in [3.8, 4) is 0 Å². The fourth-order valence-corrected chi connectivity index (χ4v) is 2.01. The summed E-state index contributed by atoms with van der Waals surface area (Å²) in [6, 6.07) is 3.81. The predicted molar refractivity (Wildman–Crippen MR) is 64.4 cm³/mol. The van der Waals surface area contributed by atoms with Gasteiger partial charge in [-0.25, -0.2) is 4.39 Å². The van der Waals surface area contributed by atoms with Crippen LogP contribution in [0.5, 0.6) is 0 Å². The molecule has 6 heteroatoms. The number of carbonyl (C=O) groups excluding carboxylic acids is 2. The predicted octanol–water partition coefficient (Wildman–Crippen LogP) is 1.33. The molecule has 0 bridgehead atoms. The average Bonchev–Trinajstić information content (AvgIpc) is 2.33. The molecule has 1 aliphatic rings. The van der Waals surface area contributed by atoms with Crippen LogP contribution in [0.4, 0.5) is 4.39 Å². The molecule has 1 atom stereocenters. The molecule has 18 heavy (non-hydrogen) atoms. The summed E-state index contributed by atoms with van der Waals surface area (Å²) >= 11 is 5.88. The van der Waals surface area contributed by atoms with Crippen LogP contribution in [0.15, 0.2) is 18.2 Å². The van der Waals surface area contributed by atoms with Crippen LogP contribution in [0.2, 0.25) is 5.02 Å². The van der Waals surface area contributed by atoms with Gasteiger partial charge in [-0.3, -0.25) is 19.8 Å². The van der Waals surface area contributed by atoms with Crippen LogP contribution >= 0.6 is 11.6 Å². The van der Waals surface area contributed by atoms with E-state index in [4.69, 9.17) is 11.6 Å². The SMILES string of the molecule is CC1NCC(=O)N(Cc2c(F)cccc2Cl)C1=O. The molecule has 4 nitrogen and oxygen atoms in total. The number of hydrogen-bond acceptors (Lipinski definition) is 3. The minimum absolute atomic E-state index is 0.0684. The molecule has 96 valence electrons. The molecule has 1 heterocycles. The maximum atomic E-state index is 13.6. The largest absolute Gasteiger partial charge is 0.298 e. The van der Waals surface area contributed by atoms with E-state index < -0.39 is 11.9 Å². The topological polar surface area (TPSA) is 49.4 Å². The van der Waals surface area contributed by atoms with E-state index in [0.29, 0.717) is 0 Å². The Morgan fingerprint density at radius 3 is 2.89 bits per heavy atom. The minimum atomic E-state index is -0.519. The molecule has 1 saturated heterocycles. The van der Waals surface area contributed by atoms with Gasteiger partial charge >= 0.3 is 0 Å². The van der Waals surface area contributed by atoms with E-state index in [1.807, 2.05) is 0 Å². The number of hydrogen-bond donors (Lipinski definition) is 1. The first-order valence-corrected chi connectivity index (χ1v) is 5.89. The van der Waals surface area contributed by atoms with Crippen LogP contribution in [0.3, 0.4) is 0 Å². The Morgan fingerprint density at radius 2 is 2.22 bits per heavy atom. The second-order valence-electron chi connectivity index (χ2n) is 4.12. The summed E-state index contributed by atoms with van der Waals surface area (Å²) in [6.45, 7) is 1.60. The third kappa shape index (κ3) is 2.37. The zero-order chi connectivity index (χ0) is 13.3. The number of rotatable bonds is 2. The molecule has 1 aromatic carbocycles. The summed E-state index contributed by atoms with van der Waals surface area (Å²) in [5.74, 6) is -1.27. The molecule has 0 spiro atoms. The number of halogens is 2. The number of amides is 2. The van der Waals surface area contributed by atoms with Crippen molar-refractivity contribution >= 4 is 23.4 Å². The lowest BCUT2D eigenvalue weighted by Gasteiger charge is -2.30. The molecule has 2 rings (SSSR count). The van der Waals surface area contributed by atoms with Gasteiger partial charge in [0.05, 0.1) is 19.1 Å².